The van der Waals surface area contributed by atoms with Crippen molar-refractivity contribution in [2.45, 2.75) is 16.7 Å². The van der Waals surface area contributed by atoms with Crippen molar-refractivity contribution in [1.82, 2.24) is 5.32 Å². The molecule has 0 unspecified atom stereocenters. The van der Waals surface area contributed by atoms with Gasteiger partial charge < -0.3 is 10.1 Å². The molecule has 3 aromatic rings. The van der Waals surface area contributed by atoms with Crippen LogP contribution in [0.4, 0.5) is 5.69 Å². The molecule has 0 bridgehead atoms. The number of rotatable bonds is 10. The summed E-state index contributed by atoms with van der Waals surface area (Å²) in [5, 5.41) is 3.47. The molecule has 9 heteroatoms. The summed E-state index contributed by atoms with van der Waals surface area (Å²) in [7, 11) is -2.47. The zero-order valence-corrected chi connectivity index (χ0v) is 20.7. The normalized spacial score (nSPS) is 11.1. The number of anilines is 1. The molecule has 0 saturated heterocycles. The van der Waals surface area contributed by atoms with E-state index in [2.05, 4.69) is 5.32 Å². The molecule has 6 nitrogen and oxygen atoms in total. The van der Waals surface area contributed by atoms with E-state index in [4.69, 9.17) is 16.3 Å². The van der Waals surface area contributed by atoms with Crippen molar-refractivity contribution < 1.29 is 17.9 Å². The first-order chi connectivity index (χ1) is 15.8. The molecule has 0 aliphatic carbocycles. The highest BCUT2D eigenvalue weighted by Gasteiger charge is 2.27. The van der Waals surface area contributed by atoms with Crippen LogP contribution in [0.1, 0.15) is 5.56 Å². The lowest BCUT2D eigenvalue weighted by Crippen LogP contribution is -2.41. The lowest BCUT2D eigenvalue weighted by molar-refractivity contribution is -0.119. The van der Waals surface area contributed by atoms with E-state index in [0.717, 1.165) is 14.8 Å². The lowest BCUT2D eigenvalue weighted by Gasteiger charge is -2.24. The van der Waals surface area contributed by atoms with E-state index in [1.165, 1.54) is 7.11 Å². The number of ether oxygens (including phenoxy) is 1. The zero-order chi connectivity index (χ0) is 23.8. The summed E-state index contributed by atoms with van der Waals surface area (Å²) in [6.07, 6.45) is 0. The number of carbonyl (C=O) groups is 1. The molecule has 3 aromatic carbocycles. The van der Waals surface area contributed by atoms with Crippen molar-refractivity contribution in [3.05, 3.63) is 83.4 Å². The molecule has 174 valence electrons. The smallest absolute Gasteiger partial charge is 0.264 e. The van der Waals surface area contributed by atoms with Gasteiger partial charge in [-0.15, -0.1) is 11.8 Å². The number of amides is 1. The summed E-state index contributed by atoms with van der Waals surface area (Å²) in [6.45, 7) is 1.92. The quantitative estimate of drug-likeness (QED) is 0.318. The van der Waals surface area contributed by atoms with E-state index < -0.39 is 15.9 Å². The number of nitrogens with one attached hydrogen (secondary N) is 1. The number of hydrogen-bond donors (Lipinski definition) is 1. The third kappa shape index (κ3) is 6.90. The minimum Gasteiger partial charge on any atom is -0.497 e. The van der Waals surface area contributed by atoms with Gasteiger partial charge in [0.2, 0.25) is 5.91 Å². The van der Waals surface area contributed by atoms with Crippen LogP contribution in [0.15, 0.2) is 82.6 Å². The first-order valence-corrected chi connectivity index (χ1v) is 13.0. The van der Waals surface area contributed by atoms with Crippen LogP contribution in [-0.2, 0) is 14.8 Å². The van der Waals surface area contributed by atoms with Gasteiger partial charge in [-0.25, -0.2) is 8.42 Å². The van der Waals surface area contributed by atoms with Gasteiger partial charge in [0.25, 0.3) is 10.0 Å². The molecule has 0 spiro atoms. The van der Waals surface area contributed by atoms with Crippen LogP contribution < -0.4 is 14.4 Å². The molecule has 0 aliphatic rings. The van der Waals surface area contributed by atoms with Crippen LogP contribution in [-0.4, -0.2) is 40.3 Å². The van der Waals surface area contributed by atoms with Gasteiger partial charge in [-0.05, 0) is 55.5 Å². The maximum Gasteiger partial charge on any atom is 0.264 e. The monoisotopic (exact) mass is 504 g/mol. The molecule has 1 amide bonds. The summed E-state index contributed by atoms with van der Waals surface area (Å²) in [5.41, 5.74) is 1.29. The van der Waals surface area contributed by atoms with E-state index in [-0.39, 0.29) is 11.4 Å². The van der Waals surface area contributed by atoms with Crippen LogP contribution >= 0.6 is 23.4 Å². The Morgan fingerprint density at radius 3 is 2.42 bits per heavy atom. The Bertz CT molecular complexity index is 1180. The fourth-order valence-corrected chi connectivity index (χ4v) is 5.30. The number of methoxy groups -OCH3 is 1. The van der Waals surface area contributed by atoms with Crippen molar-refractivity contribution in [2.75, 3.05) is 30.3 Å². The third-order valence-corrected chi connectivity index (χ3v) is 7.80. The second-order valence-electron chi connectivity index (χ2n) is 7.18. The van der Waals surface area contributed by atoms with Crippen molar-refractivity contribution in [3.63, 3.8) is 0 Å². The van der Waals surface area contributed by atoms with E-state index in [9.17, 15) is 13.2 Å². The number of halogens is 1. The van der Waals surface area contributed by atoms with Crippen molar-refractivity contribution >= 4 is 45.0 Å². The van der Waals surface area contributed by atoms with Crippen molar-refractivity contribution in [3.8, 4) is 5.75 Å². The molecule has 33 heavy (non-hydrogen) atoms. The highest BCUT2D eigenvalue weighted by Crippen LogP contribution is 2.27. The van der Waals surface area contributed by atoms with Gasteiger partial charge in [0.1, 0.15) is 12.3 Å². The number of hydrogen-bond acceptors (Lipinski definition) is 5. The Morgan fingerprint density at radius 2 is 1.76 bits per heavy atom. The standard InChI is InChI=1S/C24H25ClN2O4S2/c1-18-6-12-23(13-7-18)33(29,30)27(20-4-3-5-21(16-20)31-2)17-24(28)26-14-15-32-22-10-8-19(25)9-11-22/h3-13,16H,14-15,17H2,1-2H3,(H,26,28). The highest BCUT2D eigenvalue weighted by molar-refractivity contribution is 7.99. The van der Waals surface area contributed by atoms with E-state index in [1.807, 2.05) is 31.2 Å². The Kier molecular flexibility index (Phi) is 8.66. The lowest BCUT2D eigenvalue weighted by atomic mass is 10.2. The van der Waals surface area contributed by atoms with Crippen LogP contribution in [0.25, 0.3) is 0 Å². The number of benzene rings is 3. The van der Waals surface area contributed by atoms with E-state index in [1.54, 1.807) is 60.3 Å². The predicted octanol–water partition coefficient (Wildman–Crippen LogP) is 4.76. The fourth-order valence-electron chi connectivity index (χ4n) is 2.99. The van der Waals surface area contributed by atoms with Gasteiger partial charge in [-0.3, -0.25) is 9.10 Å². The topological polar surface area (TPSA) is 75.7 Å². The SMILES string of the molecule is COc1cccc(N(CC(=O)NCCSc2ccc(Cl)cc2)S(=O)(=O)c2ccc(C)cc2)c1. The Morgan fingerprint density at radius 1 is 1.06 bits per heavy atom. The highest BCUT2D eigenvalue weighted by atomic mass is 35.5. The van der Waals surface area contributed by atoms with E-state index in [0.29, 0.717) is 28.8 Å². The van der Waals surface area contributed by atoms with Gasteiger partial charge in [-0.1, -0.05) is 35.4 Å². The number of aryl methyl sites for hydroxylation is 1. The van der Waals surface area contributed by atoms with Crippen LogP contribution in [0, 0.1) is 6.92 Å². The Labute approximate surface area is 204 Å². The van der Waals surface area contributed by atoms with Crippen molar-refractivity contribution in [1.29, 1.82) is 0 Å². The molecule has 0 fully saturated rings. The summed E-state index contributed by atoms with van der Waals surface area (Å²) in [5.74, 6) is 0.735. The fraction of sp³-hybridized carbons (Fsp3) is 0.208. The molecule has 0 saturated carbocycles. The number of sulfonamides is 1. The van der Waals surface area contributed by atoms with Crippen molar-refractivity contribution in [2.24, 2.45) is 0 Å². The molecule has 0 radical (unpaired) electrons. The minimum atomic E-state index is -3.97. The van der Waals surface area contributed by atoms with Crippen LogP contribution in [0.3, 0.4) is 0 Å². The molecular weight excluding hydrogens is 480 g/mol. The van der Waals surface area contributed by atoms with Crippen LogP contribution in [0.5, 0.6) is 5.75 Å². The maximum atomic E-state index is 13.4. The Balaban J connectivity index is 1.72. The molecule has 3 rings (SSSR count). The molecule has 1 N–H and O–H groups in total. The molecular formula is C24H25ClN2O4S2. The largest absolute Gasteiger partial charge is 0.497 e. The second kappa shape index (κ2) is 11.4. The van der Waals surface area contributed by atoms with Gasteiger partial charge >= 0.3 is 0 Å². The van der Waals surface area contributed by atoms with Gasteiger partial charge in [0.15, 0.2) is 0 Å². The van der Waals surface area contributed by atoms with Gasteiger partial charge in [-0.2, -0.15) is 0 Å². The first-order valence-electron chi connectivity index (χ1n) is 10.2. The average molecular weight is 505 g/mol. The van der Waals surface area contributed by atoms with Crippen LogP contribution in [0.2, 0.25) is 5.02 Å². The van der Waals surface area contributed by atoms with Gasteiger partial charge in [0, 0.05) is 28.3 Å². The molecule has 0 heterocycles. The third-order valence-electron chi connectivity index (χ3n) is 4.74. The minimum absolute atomic E-state index is 0.113. The molecule has 0 aromatic heterocycles. The first kappa shape index (κ1) is 25.0. The molecule has 0 aliphatic heterocycles. The van der Waals surface area contributed by atoms with E-state index >= 15 is 0 Å². The maximum absolute atomic E-state index is 13.4. The number of thioether (sulfide) groups is 1. The number of carbonyl (C=O) groups excluding carboxylic acids is 1. The summed E-state index contributed by atoms with van der Waals surface area (Å²) in [4.78, 5) is 13.8. The second-order valence-corrected chi connectivity index (χ2v) is 10.6. The van der Waals surface area contributed by atoms with Gasteiger partial charge in [0.05, 0.1) is 17.7 Å². The summed E-state index contributed by atoms with van der Waals surface area (Å²) >= 11 is 7.47. The predicted molar refractivity (Wildman–Crippen MR) is 134 cm³/mol. The average Bonchev–Trinajstić information content (AvgIpc) is 2.81. The number of nitrogens with zero attached hydrogens (tertiary/aromatic N) is 1. The summed E-state index contributed by atoms with van der Waals surface area (Å²) < 4.78 is 33.2. The summed E-state index contributed by atoms with van der Waals surface area (Å²) in [6, 6.07) is 20.6. The zero-order valence-electron chi connectivity index (χ0n) is 18.3. The Hall–Kier alpha value is -2.68. The molecule has 0 atom stereocenters.